The van der Waals surface area contributed by atoms with Crippen molar-refractivity contribution in [2.45, 2.75) is 37.6 Å². The van der Waals surface area contributed by atoms with Gasteiger partial charge in [-0.1, -0.05) is 91.0 Å². The molecule has 3 aromatic carbocycles. The topological polar surface area (TPSA) is 57.2 Å². The minimum Gasteiger partial charge on any atom is -0.396 e. The molecule has 1 aliphatic heterocycles. The van der Waals surface area contributed by atoms with Gasteiger partial charge >= 0.3 is 0 Å². The van der Waals surface area contributed by atoms with Crippen LogP contribution in [0.3, 0.4) is 0 Å². The third kappa shape index (κ3) is 4.95. The fourth-order valence-corrected chi connectivity index (χ4v) is 5.12. The lowest BCUT2D eigenvalue weighted by Crippen LogP contribution is -2.47. The molecule has 3 aromatic rings. The number of aliphatic hydroxyl groups excluding tert-OH is 1. The minimum absolute atomic E-state index is 0.0260. The van der Waals surface area contributed by atoms with Gasteiger partial charge in [0, 0.05) is 18.4 Å². The van der Waals surface area contributed by atoms with Gasteiger partial charge in [-0.15, -0.1) is 0 Å². The average Bonchev–Trinajstić information content (AvgIpc) is 3.57. The molecule has 1 N–H and O–H groups in total. The largest absolute Gasteiger partial charge is 0.396 e. The first kappa shape index (κ1) is 23.2. The summed E-state index contributed by atoms with van der Waals surface area (Å²) in [6.07, 6.45) is -0.435. The van der Waals surface area contributed by atoms with Crippen LogP contribution in [0.15, 0.2) is 91.0 Å². The molecule has 178 valence electrons. The van der Waals surface area contributed by atoms with Crippen LogP contribution in [0.4, 0.5) is 0 Å². The summed E-state index contributed by atoms with van der Waals surface area (Å²) in [7, 11) is 0. The molecule has 1 saturated carbocycles. The highest BCUT2D eigenvalue weighted by molar-refractivity contribution is 5.25. The summed E-state index contributed by atoms with van der Waals surface area (Å²) in [6, 6.07) is 30.4. The molecule has 5 nitrogen and oxygen atoms in total. The lowest BCUT2D eigenvalue weighted by atomic mass is 9.96. The van der Waals surface area contributed by atoms with E-state index in [1.54, 1.807) is 0 Å². The molecule has 5 rings (SSSR count). The van der Waals surface area contributed by atoms with Gasteiger partial charge in [0.2, 0.25) is 0 Å². The van der Waals surface area contributed by atoms with E-state index in [1.807, 2.05) is 54.6 Å². The van der Waals surface area contributed by atoms with Crippen LogP contribution >= 0.6 is 0 Å². The van der Waals surface area contributed by atoms with Gasteiger partial charge in [0.25, 0.3) is 0 Å². The van der Waals surface area contributed by atoms with E-state index in [0.717, 1.165) is 16.7 Å². The summed E-state index contributed by atoms with van der Waals surface area (Å²) in [5.74, 6) is 0.0333. The van der Waals surface area contributed by atoms with Crippen molar-refractivity contribution < 1.29 is 24.1 Å². The molecule has 5 atom stereocenters. The molecule has 5 heteroatoms. The standard InChI is InChI=1S/C29H32O5/c30-16-25-20-32-26(21-31-17-22-10-4-1-5-11-22)29(34-19-24-14-8-3-9-15-24)27(25)28(29)33-18-23-12-6-2-7-13-23/h1-15,25-28,30H,16-21H2. The molecular formula is C29H32O5. The minimum atomic E-state index is -0.646. The van der Waals surface area contributed by atoms with Crippen molar-refractivity contribution >= 4 is 0 Å². The number of rotatable bonds is 11. The summed E-state index contributed by atoms with van der Waals surface area (Å²) in [5.41, 5.74) is 2.68. The van der Waals surface area contributed by atoms with E-state index >= 15 is 0 Å². The molecule has 5 unspecified atom stereocenters. The Labute approximate surface area is 201 Å². The maximum Gasteiger partial charge on any atom is 0.129 e. The molecule has 0 amide bonds. The highest BCUT2D eigenvalue weighted by atomic mass is 16.6. The first-order chi connectivity index (χ1) is 16.8. The summed E-state index contributed by atoms with van der Waals surface area (Å²) < 4.78 is 25.4. The third-order valence-electron chi connectivity index (χ3n) is 6.92. The Morgan fingerprint density at radius 2 is 1.32 bits per heavy atom. The maximum absolute atomic E-state index is 10.1. The van der Waals surface area contributed by atoms with E-state index in [1.165, 1.54) is 0 Å². The highest BCUT2D eigenvalue weighted by Gasteiger charge is 2.75. The Hall–Kier alpha value is -2.54. The molecular weight excluding hydrogens is 428 g/mol. The molecule has 0 aromatic heterocycles. The summed E-state index contributed by atoms with van der Waals surface area (Å²) >= 11 is 0. The Morgan fingerprint density at radius 3 is 1.91 bits per heavy atom. The van der Waals surface area contributed by atoms with Gasteiger partial charge in [-0.05, 0) is 16.7 Å². The van der Waals surface area contributed by atoms with Crippen LogP contribution in [0.5, 0.6) is 0 Å². The predicted molar refractivity (Wildman–Crippen MR) is 129 cm³/mol. The molecule has 1 saturated heterocycles. The van der Waals surface area contributed by atoms with Gasteiger partial charge in [0.15, 0.2) is 0 Å². The number of ether oxygens (including phenoxy) is 4. The zero-order valence-electron chi connectivity index (χ0n) is 19.3. The quantitative estimate of drug-likeness (QED) is 0.460. The van der Waals surface area contributed by atoms with E-state index in [4.69, 9.17) is 18.9 Å². The Kier molecular flexibility index (Phi) is 7.38. The van der Waals surface area contributed by atoms with Crippen LogP contribution in [0.1, 0.15) is 16.7 Å². The Morgan fingerprint density at radius 1 is 0.765 bits per heavy atom. The average molecular weight is 461 g/mol. The second-order valence-electron chi connectivity index (χ2n) is 9.14. The van der Waals surface area contributed by atoms with Crippen molar-refractivity contribution in [2.24, 2.45) is 11.8 Å². The van der Waals surface area contributed by atoms with Crippen molar-refractivity contribution in [3.63, 3.8) is 0 Å². The third-order valence-corrected chi connectivity index (χ3v) is 6.92. The number of fused-ring (bicyclic) bond motifs is 1. The molecule has 34 heavy (non-hydrogen) atoms. The van der Waals surface area contributed by atoms with Gasteiger partial charge in [0.1, 0.15) is 11.7 Å². The zero-order chi connectivity index (χ0) is 23.2. The van der Waals surface area contributed by atoms with Gasteiger partial charge in [-0.25, -0.2) is 0 Å². The van der Waals surface area contributed by atoms with E-state index in [9.17, 15) is 5.11 Å². The van der Waals surface area contributed by atoms with Crippen molar-refractivity contribution in [3.05, 3.63) is 108 Å². The van der Waals surface area contributed by atoms with E-state index in [-0.39, 0.29) is 30.7 Å². The van der Waals surface area contributed by atoms with Crippen LogP contribution in [0.25, 0.3) is 0 Å². The van der Waals surface area contributed by atoms with Gasteiger partial charge in [-0.2, -0.15) is 0 Å². The van der Waals surface area contributed by atoms with Crippen molar-refractivity contribution in [1.82, 2.24) is 0 Å². The van der Waals surface area contributed by atoms with Gasteiger partial charge < -0.3 is 24.1 Å². The maximum atomic E-state index is 10.1. The number of hydrogen-bond acceptors (Lipinski definition) is 5. The Bertz CT molecular complexity index is 1010. The number of hydrogen-bond donors (Lipinski definition) is 1. The molecule has 2 fully saturated rings. The van der Waals surface area contributed by atoms with Crippen LogP contribution < -0.4 is 0 Å². The molecule has 1 heterocycles. The normalized spacial score (nSPS) is 27.8. The van der Waals surface area contributed by atoms with Crippen LogP contribution in [-0.4, -0.2) is 42.7 Å². The fraction of sp³-hybridized carbons (Fsp3) is 0.379. The molecule has 0 bridgehead atoms. The molecule has 0 spiro atoms. The lowest BCUT2D eigenvalue weighted by Gasteiger charge is -2.35. The van der Waals surface area contributed by atoms with Crippen LogP contribution in [0.2, 0.25) is 0 Å². The van der Waals surface area contributed by atoms with E-state index in [0.29, 0.717) is 33.0 Å². The van der Waals surface area contributed by atoms with Gasteiger partial charge in [0.05, 0.1) is 39.1 Å². The first-order valence-electron chi connectivity index (χ1n) is 12.0. The summed E-state index contributed by atoms with van der Waals surface area (Å²) in [6.45, 7) is 2.39. The van der Waals surface area contributed by atoms with Crippen molar-refractivity contribution in [2.75, 3.05) is 19.8 Å². The molecule has 1 aliphatic carbocycles. The SMILES string of the molecule is OCC1COC(COCc2ccccc2)C2(OCc3ccccc3)C(OCc3ccccc3)C12. The number of aliphatic hydroxyl groups is 1. The second-order valence-corrected chi connectivity index (χ2v) is 9.14. The highest BCUT2D eigenvalue weighted by Crippen LogP contribution is 2.59. The van der Waals surface area contributed by atoms with Crippen molar-refractivity contribution in [1.29, 1.82) is 0 Å². The fourth-order valence-electron chi connectivity index (χ4n) is 5.12. The van der Waals surface area contributed by atoms with Gasteiger partial charge in [-0.3, -0.25) is 0 Å². The smallest absolute Gasteiger partial charge is 0.129 e. The van der Waals surface area contributed by atoms with Crippen LogP contribution in [-0.2, 0) is 38.8 Å². The van der Waals surface area contributed by atoms with Crippen molar-refractivity contribution in [3.8, 4) is 0 Å². The summed E-state index contributed by atoms with van der Waals surface area (Å²) in [5, 5.41) is 10.1. The van der Waals surface area contributed by atoms with E-state index < -0.39 is 5.60 Å². The lowest BCUT2D eigenvalue weighted by molar-refractivity contribution is -0.177. The van der Waals surface area contributed by atoms with Crippen LogP contribution in [0, 0.1) is 11.8 Å². The first-order valence-corrected chi connectivity index (χ1v) is 12.0. The predicted octanol–water partition coefficient (Wildman–Crippen LogP) is 4.38. The number of benzene rings is 3. The zero-order valence-corrected chi connectivity index (χ0v) is 19.3. The Balaban J connectivity index is 1.33. The second kappa shape index (κ2) is 10.8. The summed E-state index contributed by atoms with van der Waals surface area (Å²) in [4.78, 5) is 0. The molecule has 0 radical (unpaired) electrons. The molecule has 2 aliphatic rings. The van der Waals surface area contributed by atoms with E-state index in [2.05, 4.69) is 36.4 Å². The monoisotopic (exact) mass is 460 g/mol.